The Morgan fingerprint density at radius 1 is 1.09 bits per heavy atom. The predicted octanol–water partition coefficient (Wildman–Crippen LogP) is 2.89. The van der Waals surface area contributed by atoms with Crippen molar-refractivity contribution >= 4 is 50.4 Å². The molecule has 1 spiro atoms. The van der Waals surface area contributed by atoms with Crippen molar-refractivity contribution in [1.82, 2.24) is 25.2 Å². The summed E-state index contributed by atoms with van der Waals surface area (Å²) in [5.74, 6) is -2.35. The monoisotopic (exact) mass is 702 g/mol. The smallest absolute Gasteiger partial charge is 0.247 e. The first-order valence-electron chi connectivity index (χ1n) is 15.7. The van der Waals surface area contributed by atoms with E-state index in [0.717, 1.165) is 11.1 Å². The maximum absolute atomic E-state index is 14.6. The number of alkyl halides is 1. The number of nitrogens with one attached hydrogen (secondary N) is 2. The Hall–Kier alpha value is -4.33. The molecular formula is C34H35BrN6O6. The number of fused-ring (bicyclic) bond motifs is 2. The minimum absolute atomic E-state index is 0.00389. The maximum Gasteiger partial charge on any atom is 0.247 e. The van der Waals surface area contributed by atoms with E-state index in [2.05, 4.69) is 36.9 Å². The van der Waals surface area contributed by atoms with Crippen LogP contribution in [0.15, 0.2) is 78.9 Å². The van der Waals surface area contributed by atoms with Gasteiger partial charge in [0.1, 0.15) is 29.6 Å². The number of para-hydroxylation sites is 1. The zero-order valence-electron chi connectivity index (χ0n) is 25.7. The summed E-state index contributed by atoms with van der Waals surface area (Å²) in [6.45, 7) is 2.03. The second-order valence-corrected chi connectivity index (χ2v) is 13.3. The van der Waals surface area contributed by atoms with E-state index in [1.165, 1.54) is 4.90 Å². The zero-order chi connectivity index (χ0) is 32.7. The van der Waals surface area contributed by atoms with Crippen LogP contribution in [-0.4, -0.2) is 84.6 Å². The van der Waals surface area contributed by atoms with Crippen LogP contribution in [0.1, 0.15) is 18.9 Å². The SMILES string of the molecule is CCOc1ccc(NC(=O)[C@H]2[C@H]3C(=O)N([C@@H](CO)Cc4ccccc4)C(C(=O)NCn4nnc5ccccc54)C34CC(Br)[C@@H]2O4)cc1. The van der Waals surface area contributed by atoms with Gasteiger partial charge in [-0.1, -0.05) is 63.6 Å². The Labute approximate surface area is 279 Å². The minimum Gasteiger partial charge on any atom is -0.494 e. The Bertz CT molecular complexity index is 1790. The first kappa shape index (κ1) is 31.3. The molecule has 244 valence electrons. The maximum atomic E-state index is 14.6. The molecule has 0 radical (unpaired) electrons. The molecule has 3 aliphatic heterocycles. The number of benzene rings is 3. The fourth-order valence-corrected chi connectivity index (χ4v) is 8.45. The van der Waals surface area contributed by atoms with E-state index in [9.17, 15) is 19.5 Å². The lowest BCUT2D eigenvalue weighted by molar-refractivity contribution is -0.145. The van der Waals surface area contributed by atoms with Gasteiger partial charge in [-0.3, -0.25) is 14.4 Å². The number of aromatic nitrogens is 3. The number of carbonyl (C=O) groups excluding carboxylic acids is 3. The lowest BCUT2D eigenvalue weighted by Crippen LogP contribution is -2.58. The molecule has 3 saturated heterocycles. The highest BCUT2D eigenvalue weighted by Crippen LogP contribution is 2.60. The van der Waals surface area contributed by atoms with Crippen molar-refractivity contribution in [1.29, 1.82) is 0 Å². The van der Waals surface area contributed by atoms with Crippen molar-refractivity contribution in [3.63, 3.8) is 0 Å². The molecule has 3 aliphatic rings. The van der Waals surface area contributed by atoms with Gasteiger partial charge in [0.15, 0.2) is 0 Å². The van der Waals surface area contributed by atoms with Crippen LogP contribution in [0.2, 0.25) is 0 Å². The van der Waals surface area contributed by atoms with Crippen LogP contribution in [0.25, 0.3) is 11.0 Å². The number of rotatable bonds is 11. The molecule has 13 heteroatoms. The van der Waals surface area contributed by atoms with Crippen LogP contribution >= 0.6 is 15.9 Å². The summed E-state index contributed by atoms with van der Waals surface area (Å²) in [6.07, 6.45) is 0.0174. The number of anilines is 1. The van der Waals surface area contributed by atoms with Crippen molar-refractivity contribution in [2.45, 2.75) is 55.0 Å². The van der Waals surface area contributed by atoms with Crippen LogP contribution in [0.4, 0.5) is 5.69 Å². The summed E-state index contributed by atoms with van der Waals surface area (Å²) in [4.78, 5) is 44.1. The lowest BCUT2D eigenvalue weighted by Gasteiger charge is -2.37. The number of amides is 3. The van der Waals surface area contributed by atoms with E-state index in [1.807, 2.05) is 61.5 Å². The Kier molecular flexibility index (Phi) is 8.45. The number of aliphatic hydroxyl groups is 1. The molecule has 47 heavy (non-hydrogen) atoms. The third-order valence-electron chi connectivity index (χ3n) is 9.45. The first-order chi connectivity index (χ1) is 22.8. The second kappa shape index (κ2) is 12.7. The fraction of sp³-hybridized carbons (Fsp3) is 0.382. The van der Waals surface area contributed by atoms with E-state index in [1.54, 1.807) is 28.9 Å². The van der Waals surface area contributed by atoms with Gasteiger partial charge in [0.25, 0.3) is 0 Å². The van der Waals surface area contributed by atoms with Gasteiger partial charge in [0, 0.05) is 10.5 Å². The van der Waals surface area contributed by atoms with Gasteiger partial charge in [-0.15, -0.1) is 5.10 Å². The molecule has 2 bridgehead atoms. The highest BCUT2D eigenvalue weighted by Gasteiger charge is 2.77. The molecule has 1 aromatic heterocycles. The van der Waals surface area contributed by atoms with E-state index in [0.29, 0.717) is 36.4 Å². The molecule has 3 fully saturated rings. The molecule has 7 atom stereocenters. The average Bonchev–Trinajstić information content (AvgIpc) is 3.81. The topological polar surface area (TPSA) is 148 Å². The molecular weight excluding hydrogens is 668 g/mol. The Morgan fingerprint density at radius 3 is 2.57 bits per heavy atom. The molecule has 3 unspecified atom stereocenters. The van der Waals surface area contributed by atoms with E-state index in [-0.39, 0.29) is 29.9 Å². The summed E-state index contributed by atoms with van der Waals surface area (Å²) in [6, 6.07) is 22.1. The van der Waals surface area contributed by atoms with Crippen LogP contribution in [0, 0.1) is 11.8 Å². The zero-order valence-corrected chi connectivity index (χ0v) is 27.2. The molecule has 3 N–H and O–H groups in total. The predicted molar refractivity (Wildman–Crippen MR) is 175 cm³/mol. The first-order valence-corrected chi connectivity index (χ1v) is 16.6. The second-order valence-electron chi connectivity index (χ2n) is 12.2. The van der Waals surface area contributed by atoms with Gasteiger partial charge >= 0.3 is 0 Å². The molecule has 0 aliphatic carbocycles. The van der Waals surface area contributed by atoms with Crippen molar-refractivity contribution in [2.75, 3.05) is 18.5 Å². The van der Waals surface area contributed by atoms with E-state index in [4.69, 9.17) is 9.47 Å². The van der Waals surface area contributed by atoms with E-state index < -0.39 is 41.5 Å². The third kappa shape index (κ3) is 5.45. The highest BCUT2D eigenvalue weighted by atomic mass is 79.9. The average molecular weight is 704 g/mol. The fourth-order valence-electron chi connectivity index (χ4n) is 7.51. The number of hydrogen-bond donors (Lipinski definition) is 3. The van der Waals surface area contributed by atoms with Gasteiger partial charge in [-0.2, -0.15) is 0 Å². The van der Waals surface area contributed by atoms with Gasteiger partial charge in [0.2, 0.25) is 17.7 Å². The molecule has 12 nitrogen and oxygen atoms in total. The van der Waals surface area contributed by atoms with E-state index >= 15 is 0 Å². The number of likely N-dealkylation sites (tertiary alicyclic amines) is 1. The highest BCUT2D eigenvalue weighted by molar-refractivity contribution is 9.09. The van der Waals surface area contributed by atoms with Gasteiger partial charge in [0.05, 0.1) is 42.7 Å². The molecule has 7 rings (SSSR count). The van der Waals surface area contributed by atoms with Crippen molar-refractivity contribution < 1.29 is 29.0 Å². The van der Waals surface area contributed by atoms with Gasteiger partial charge in [-0.25, -0.2) is 4.68 Å². The minimum atomic E-state index is -1.30. The number of halogens is 1. The number of hydrogen-bond acceptors (Lipinski definition) is 8. The lowest BCUT2D eigenvalue weighted by atomic mass is 9.70. The van der Waals surface area contributed by atoms with Crippen molar-refractivity contribution in [3.05, 3.63) is 84.4 Å². The molecule has 0 saturated carbocycles. The summed E-state index contributed by atoms with van der Waals surface area (Å²) in [5.41, 5.74) is 1.58. The third-order valence-corrected chi connectivity index (χ3v) is 10.3. The largest absolute Gasteiger partial charge is 0.494 e. The summed E-state index contributed by atoms with van der Waals surface area (Å²) in [5, 5.41) is 25.0. The number of ether oxygens (including phenoxy) is 2. The molecule has 4 aromatic rings. The quantitative estimate of drug-likeness (QED) is 0.202. The van der Waals surface area contributed by atoms with Crippen LogP contribution < -0.4 is 15.4 Å². The summed E-state index contributed by atoms with van der Waals surface area (Å²) < 4.78 is 13.7. The number of aliphatic hydroxyl groups excluding tert-OH is 1. The van der Waals surface area contributed by atoms with Crippen LogP contribution in [0.5, 0.6) is 5.75 Å². The van der Waals surface area contributed by atoms with Gasteiger partial charge < -0.3 is 30.1 Å². The molecule has 4 heterocycles. The van der Waals surface area contributed by atoms with Gasteiger partial charge in [-0.05, 0) is 61.7 Å². The Morgan fingerprint density at radius 2 is 1.83 bits per heavy atom. The summed E-state index contributed by atoms with van der Waals surface area (Å²) in [7, 11) is 0. The number of carbonyl (C=O) groups is 3. The Balaban J connectivity index is 1.21. The van der Waals surface area contributed by atoms with Crippen LogP contribution in [0.3, 0.4) is 0 Å². The molecule has 3 amide bonds. The molecule has 3 aromatic carbocycles. The summed E-state index contributed by atoms with van der Waals surface area (Å²) >= 11 is 3.71. The van der Waals surface area contributed by atoms with Crippen molar-refractivity contribution in [2.24, 2.45) is 11.8 Å². The standard InChI is InChI=1S/C34H35BrN6O6/c1-2-46-23-14-12-21(13-15-23)37-31(43)27-28-33(45)41(22(18-42)16-20-8-4-3-5-9-20)30(34(28)17-24(35)29(27)47-34)32(44)36-19-40-26-11-7-6-10-25(26)38-39-40/h3-15,22,24,27-30,42H,2,16-19H2,1H3,(H,36,44)(H,37,43)/t22-,24?,27+,28+,29+,30?,34?/m1/s1. The van der Waals surface area contributed by atoms with Crippen molar-refractivity contribution in [3.8, 4) is 5.75 Å². The number of nitrogens with zero attached hydrogens (tertiary/aromatic N) is 4. The normalized spacial score (nSPS) is 26.7. The van der Waals surface area contributed by atoms with Crippen LogP contribution in [-0.2, 0) is 32.2 Å².